The van der Waals surface area contributed by atoms with Crippen molar-refractivity contribution in [1.82, 2.24) is 14.9 Å². The average molecular weight is 398 g/mol. The van der Waals surface area contributed by atoms with E-state index in [0.717, 1.165) is 11.4 Å². The van der Waals surface area contributed by atoms with Crippen molar-refractivity contribution in [3.8, 4) is 5.75 Å². The van der Waals surface area contributed by atoms with Gasteiger partial charge in [-0.25, -0.2) is 9.97 Å². The first-order valence-electron chi connectivity index (χ1n) is 9.96. The molecule has 0 saturated carbocycles. The molecule has 8 heteroatoms. The number of hydrogen-bond acceptors (Lipinski definition) is 7. The maximum atomic E-state index is 12.7. The van der Waals surface area contributed by atoms with E-state index >= 15 is 0 Å². The van der Waals surface area contributed by atoms with Gasteiger partial charge in [0.05, 0.1) is 31.7 Å². The maximum absolute atomic E-state index is 12.7. The topological polar surface area (TPSA) is 85.8 Å². The minimum absolute atomic E-state index is 0.118. The van der Waals surface area contributed by atoms with Crippen LogP contribution in [0.1, 0.15) is 37.2 Å². The Kier molecular flexibility index (Phi) is 5.64. The molecule has 2 aromatic rings. The van der Waals surface area contributed by atoms with Crippen molar-refractivity contribution in [3.05, 3.63) is 42.4 Å². The molecule has 2 aliphatic rings. The number of nitrogens with one attached hydrogen (secondary N) is 1. The van der Waals surface area contributed by atoms with Crippen molar-refractivity contribution in [1.29, 1.82) is 0 Å². The second kappa shape index (κ2) is 8.34. The van der Waals surface area contributed by atoms with Gasteiger partial charge in [0.15, 0.2) is 5.79 Å². The van der Waals surface area contributed by atoms with Gasteiger partial charge in [0.25, 0.3) is 5.91 Å². The zero-order valence-corrected chi connectivity index (χ0v) is 16.8. The molecule has 2 saturated heterocycles. The highest BCUT2D eigenvalue weighted by molar-refractivity contribution is 5.92. The number of piperidine rings is 1. The van der Waals surface area contributed by atoms with Crippen molar-refractivity contribution in [2.75, 3.05) is 31.6 Å². The highest BCUT2D eigenvalue weighted by Gasteiger charge is 2.41. The second-order valence-electron chi connectivity index (χ2n) is 7.50. The van der Waals surface area contributed by atoms with E-state index < -0.39 is 5.79 Å². The normalized spacial score (nSPS) is 18.2. The number of ether oxygens (including phenoxy) is 3. The summed E-state index contributed by atoms with van der Waals surface area (Å²) in [5.41, 5.74) is 1.20. The Hall–Kier alpha value is -2.71. The first kappa shape index (κ1) is 19.6. The number of anilines is 2. The molecule has 1 amide bonds. The van der Waals surface area contributed by atoms with Gasteiger partial charge >= 0.3 is 0 Å². The van der Waals surface area contributed by atoms with Crippen LogP contribution in [0.2, 0.25) is 0 Å². The van der Waals surface area contributed by atoms with Crippen LogP contribution in [0.5, 0.6) is 5.75 Å². The van der Waals surface area contributed by atoms with Gasteiger partial charge in [0.1, 0.15) is 17.3 Å². The Morgan fingerprint density at radius 1 is 1.10 bits per heavy atom. The molecule has 2 aliphatic heterocycles. The Morgan fingerprint density at radius 2 is 1.79 bits per heavy atom. The quantitative estimate of drug-likeness (QED) is 0.829. The SMILES string of the molecule is CC(C)Oc1ccc(Nc2cnc(C(=O)N3CCC4(CC3)OCCO4)cn2)cc1. The summed E-state index contributed by atoms with van der Waals surface area (Å²) in [5, 5.41) is 3.18. The predicted molar refractivity (Wildman–Crippen MR) is 107 cm³/mol. The molecule has 0 aliphatic carbocycles. The van der Waals surface area contributed by atoms with E-state index in [9.17, 15) is 4.79 Å². The molecule has 4 rings (SSSR count). The van der Waals surface area contributed by atoms with Crippen molar-refractivity contribution in [2.45, 2.75) is 38.6 Å². The molecule has 29 heavy (non-hydrogen) atoms. The molecule has 3 heterocycles. The minimum Gasteiger partial charge on any atom is -0.491 e. The van der Waals surface area contributed by atoms with Gasteiger partial charge < -0.3 is 24.4 Å². The van der Waals surface area contributed by atoms with Gasteiger partial charge in [-0.1, -0.05) is 0 Å². The molecule has 1 aromatic carbocycles. The summed E-state index contributed by atoms with van der Waals surface area (Å²) >= 11 is 0. The molecule has 1 N–H and O–H groups in total. The van der Waals surface area contributed by atoms with Crippen LogP contribution in [-0.4, -0.2) is 59.0 Å². The zero-order chi connectivity index (χ0) is 20.3. The lowest BCUT2D eigenvalue weighted by molar-refractivity contribution is -0.181. The molecular weight excluding hydrogens is 372 g/mol. The van der Waals surface area contributed by atoms with Crippen molar-refractivity contribution in [3.63, 3.8) is 0 Å². The van der Waals surface area contributed by atoms with Crippen molar-refractivity contribution in [2.24, 2.45) is 0 Å². The summed E-state index contributed by atoms with van der Waals surface area (Å²) < 4.78 is 17.1. The van der Waals surface area contributed by atoms with Gasteiger partial charge in [-0.05, 0) is 38.1 Å². The van der Waals surface area contributed by atoms with Crippen LogP contribution in [0.3, 0.4) is 0 Å². The van der Waals surface area contributed by atoms with Crippen LogP contribution >= 0.6 is 0 Å². The number of carbonyl (C=O) groups is 1. The summed E-state index contributed by atoms with van der Waals surface area (Å²) in [6.07, 6.45) is 4.58. The van der Waals surface area contributed by atoms with Gasteiger partial charge in [-0.15, -0.1) is 0 Å². The third kappa shape index (κ3) is 4.65. The average Bonchev–Trinajstić information content (AvgIpc) is 3.18. The van der Waals surface area contributed by atoms with Crippen molar-refractivity contribution < 1.29 is 19.0 Å². The highest BCUT2D eigenvalue weighted by atomic mass is 16.7. The Balaban J connectivity index is 1.33. The van der Waals surface area contributed by atoms with Crippen LogP contribution in [0.25, 0.3) is 0 Å². The molecule has 0 radical (unpaired) electrons. The fourth-order valence-corrected chi connectivity index (χ4v) is 3.54. The van der Waals surface area contributed by atoms with Crippen LogP contribution in [-0.2, 0) is 9.47 Å². The number of likely N-dealkylation sites (tertiary alicyclic amines) is 1. The fraction of sp³-hybridized carbons (Fsp3) is 0.476. The number of nitrogens with zero attached hydrogens (tertiary/aromatic N) is 3. The van der Waals surface area contributed by atoms with Gasteiger partial charge in [-0.2, -0.15) is 0 Å². The monoisotopic (exact) mass is 398 g/mol. The van der Waals surface area contributed by atoms with Crippen LogP contribution in [0.15, 0.2) is 36.7 Å². The van der Waals surface area contributed by atoms with Gasteiger partial charge in [0.2, 0.25) is 0 Å². The number of rotatable bonds is 5. The molecular formula is C21H26N4O4. The summed E-state index contributed by atoms with van der Waals surface area (Å²) in [5.74, 6) is 0.775. The largest absolute Gasteiger partial charge is 0.491 e. The van der Waals surface area contributed by atoms with Gasteiger partial charge in [-0.3, -0.25) is 4.79 Å². The minimum atomic E-state index is -0.494. The number of carbonyl (C=O) groups excluding carboxylic acids is 1. The van der Waals surface area contributed by atoms with E-state index in [1.807, 2.05) is 38.1 Å². The van der Waals surface area contributed by atoms with Crippen LogP contribution in [0, 0.1) is 0 Å². The Labute approximate surface area is 170 Å². The maximum Gasteiger partial charge on any atom is 0.274 e. The van der Waals surface area contributed by atoms with E-state index in [1.165, 1.54) is 6.20 Å². The second-order valence-corrected chi connectivity index (χ2v) is 7.50. The number of benzene rings is 1. The summed E-state index contributed by atoms with van der Waals surface area (Å²) in [6, 6.07) is 7.62. The first-order chi connectivity index (χ1) is 14.0. The Morgan fingerprint density at radius 3 is 2.38 bits per heavy atom. The first-order valence-corrected chi connectivity index (χ1v) is 9.96. The molecule has 1 spiro atoms. The van der Waals surface area contributed by atoms with Crippen LogP contribution < -0.4 is 10.1 Å². The molecule has 154 valence electrons. The van der Waals surface area contributed by atoms with Gasteiger partial charge in [0, 0.05) is 31.6 Å². The molecule has 8 nitrogen and oxygen atoms in total. The molecule has 1 aromatic heterocycles. The standard InChI is InChI=1S/C21H26N4O4/c1-15(2)29-17-5-3-16(4-6-17)24-19-14-22-18(13-23-19)20(26)25-9-7-21(8-10-25)27-11-12-28-21/h3-6,13-15H,7-12H2,1-2H3,(H,23,24). The Bertz CT molecular complexity index is 823. The van der Waals surface area contributed by atoms with E-state index in [2.05, 4.69) is 15.3 Å². The third-order valence-electron chi connectivity index (χ3n) is 5.00. The number of aromatic nitrogens is 2. The third-order valence-corrected chi connectivity index (χ3v) is 5.00. The lowest BCUT2D eigenvalue weighted by Crippen LogP contribution is -2.47. The lowest BCUT2D eigenvalue weighted by atomic mass is 10.0. The smallest absolute Gasteiger partial charge is 0.274 e. The lowest BCUT2D eigenvalue weighted by Gasteiger charge is -2.37. The van der Waals surface area contributed by atoms with E-state index in [1.54, 1.807) is 11.1 Å². The molecule has 0 unspecified atom stereocenters. The van der Waals surface area contributed by atoms with Crippen LogP contribution in [0.4, 0.5) is 11.5 Å². The van der Waals surface area contributed by atoms with Crippen molar-refractivity contribution >= 4 is 17.4 Å². The summed E-state index contributed by atoms with van der Waals surface area (Å²) in [4.78, 5) is 23.1. The van der Waals surface area contributed by atoms with E-state index in [-0.39, 0.29) is 12.0 Å². The highest BCUT2D eigenvalue weighted by Crippen LogP contribution is 2.31. The number of hydrogen-bond donors (Lipinski definition) is 1. The predicted octanol–water partition coefficient (Wildman–Crippen LogP) is 2.99. The van der Waals surface area contributed by atoms with E-state index in [0.29, 0.717) is 50.7 Å². The molecule has 0 atom stereocenters. The molecule has 0 bridgehead atoms. The molecule has 2 fully saturated rings. The number of amides is 1. The summed E-state index contributed by atoms with van der Waals surface area (Å²) in [7, 11) is 0. The summed E-state index contributed by atoms with van der Waals surface area (Å²) in [6.45, 7) is 6.41. The fourth-order valence-electron chi connectivity index (χ4n) is 3.54. The zero-order valence-electron chi connectivity index (χ0n) is 16.8. The van der Waals surface area contributed by atoms with E-state index in [4.69, 9.17) is 14.2 Å².